The summed E-state index contributed by atoms with van der Waals surface area (Å²) in [6, 6.07) is 33.5. The van der Waals surface area contributed by atoms with E-state index in [9.17, 15) is 4.79 Å². The number of hydrogen-bond acceptors (Lipinski definition) is 3. The summed E-state index contributed by atoms with van der Waals surface area (Å²) in [5.74, 6) is 0.276. The highest BCUT2D eigenvalue weighted by molar-refractivity contribution is 6.06. The van der Waals surface area contributed by atoms with Crippen LogP contribution in [-0.4, -0.2) is 15.9 Å². The molecule has 4 nitrogen and oxygen atoms in total. The molecule has 0 radical (unpaired) electrons. The maximum Gasteiger partial charge on any atom is 0.255 e. The first-order valence-electron chi connectivity index (χ1n) is 11.4. The van der Waals surface area contributed by atoms with Gasteiger partial charge in [-0.15, -0.1) is 0 Å². The molecular formula is C30H25N3O. The Morgan fingerprint density at radius 2 is 1.24 bits per heavy atom. The van der Waals surface area contributed by atoms with Gasteiger partial charge < -0.3 is 5.32 Å². The molecule has 0 bridgehead atoms. The van der Waals surface area contributed by atoms with Crippen LogP contribution in [0.25, 0.3) is 33.5 Å². The van der Waals surface area contributed by atoms with Gasteiger partial charge in [-0.1, -0.05) is 86.6 Å². The first-order chi connectivity index (χ1) is 16.6. The number of carbonyl (C=O) groups is 1. The van der Waals surface area contributed by atoms with Crippen LogP contribution in [0.15, 0.2) is 103 Å². The summed E-state index contributed by atoms with van der Waals surface area (Å²) in [4.78, 5) is 22.9. The van der Waals surface area contributed by atoms with E-state index in [4.69, 9.17) is 9.97 Å². The molecular weight excluding hydrogens is 418 g/mol. The zero-order valence-corrected chi connectivity index (χ0v) is 19.2. The average molecular weight is 444 g/mol. The van der Waals surface area contributed by atoms with Crippen LogP contribution in [0.1, 0.15) is 35.7 Å². The van der Waals surface area contributed by atoms with Crippen molar-refractivity contribution in [2.45, 2.75) is 19.8 Å². The highest BCUT2D eigenvalue weighted by atomic mass is 16.1. The number of nitrogens with one attached hydrogen (secondary N) is 1. The van der Waals surface area contributed by atoms with Crippen molar-refractivity contribution >= 4 is 22.6 Å². The molecule has 1 amide bonds. The maximum atomic E-state index is 13.0. The molecule has 0 aliphatic heterocycles. The lowest BCUT2D eigenvalue weighted by Gasteiger charge is -2.12. The molecule has 0 aliphatic rings. The lowest BCUT2D eigenvalue weighted by Crippen LogP contribution is -2.12. The number of amides is 1. The van der Waals surface area contributed by atoms with Crippen molar-refractivity contribution in [3.05, 3.63) is 114 Å². The third-order valence-corrected chi connectivity index (χ3v) is 5.86. The molecule has 5 aromatic rings. The fraction of sp³-hybridized carbons (Fsp3) is 0.100. The van der Waals surface area contributed by atoms with Crippen molar-refractivity contribution in [3.63, 3.8) is 0 Å². The zero-order chi connectivity index (χ0) is 23.5. The summed E-state index contributed by atoms with van der Waals surface area (Å²) in [6.45, 7) is 4.30. The molecule has 0 aliphatic carbocycles. The van der Waals surface area contributed by atoms with Crippen molar-refractivity contribution in [1.29, 1.82) is 0 Å². The predicted molar refractivity (Wildman–Crippen MR) is 139 cm³/mol. The summed E-state index contributed by atoms with van der Waals surface area (Å²) in [6.07, 6.45) is 0. The Morgan fingerprint density at radius 3 is 1.79 bits per heavy atom. The lowest BCUT2D eigenvalue weighted by molar-refractivity contribution is 0.102. The van der Waals surface area contributed by atoms with E-state index in [2.05, 4.69) is 19.2 Å². The van der Waals surface area contributed by atoms with Crippen LogP contribution >= 0.6 is 0 Å². The minimum absolute atomic E-state index is 0.172. The number of anilines is 1. The number of rotatable bonds is 5. The Morgan fingerprint density at radius 1 is 0.676 bits per heavy atom. The van der Waals surface area contributed by atoms with E-state index < -0.39 is 0 Å². The SMILES string of the molecule is CC(C)c1ccc(NC(=O)c2ccc3nc(-c4ccccc4)c(-c4ccccc4)nc3c2)cc1. The molecule has 0 saturated carbocycles. The summed E-state index contributed by atoms with van der Waals surface area (Å²) in [5, 5.41) is 2.99. The minimum atomic E-state index is -0.172. The normalized spacial score (nSPS) is 11.0. The number of hydrogen-bond donors (Lipinski definition) is 1. The van der Waals surface area contributed by atoms with E-state index in [-0.39, 0.29) is 5.91 Å². The van der Waals surface area contributed by atoms with Crippen LogP contribution in [0, 0.1) is 0 Å². The van der Waals surface area contributed by atoms with Crippen molar-refractivity contribution < 1.29 is 4.79 Å². The monoisotopic (exact) mass is 443 g/mol. The van der Waals surface area contributed by atoms with Gasteiger partial charge in [0.15, 0.2) is 0 Å². The van der Waals surface area contributed by atoms with Crippen molar-refractivity contribution in [1.82, 2.24) is 9.97 Å². The number of carbonyl (C=O) groups excluding carboxylic acids is 1. The summed E-state index contributed by atoms with van der Waals surface area (Å²) < 4.78 is 0. The van der Waals surface area contributed by atoms with Gasteiger partial charge in [-0.3, -0.25) is 4.79 Å². The zero-order valence-electron chi connectivity index (χ0n) is 19.2. The Balaban J connectivity index is 1.53. The van der Waals surface area contributed by atoms with E-state index in [0.717, 1.165) is 33.7 Å². The average Bonchev–Trinajstić information content (AvgIpc) is 2.89. The van der Waals surface area contributed by atoms with E-state index >= 15 is 0 Å². The first-order valence-corrected chi connectivity index (χ1v) is 11.4. The van der Waals surface area contributed by atoms with Gasteiger partial charge in [-0.05, 0) is 41.8 Å². The molecule has 0 atom stereocenters. The van der Waals surface area contributed by atoms with Crippen LogP contribution in [-0.2, 0) is 0 Å². The maximum absolute atomic E-state index is 13.0. The minimum Gasteiger partial charge on any atom is -0.322 e. The third kappa shape index (κ3) is 4.44. The van der Waals surface area contributed by atoms with Crippen LogP contribution in [0.2, 0.25) is 0 Å². The number of nitrogens with zero attached hydrogens (tertiary/aromatic N) is 2. The Hall–Kier alpha value is -4.31. The van der Waals surface area contributed by atoms with Gasteiger partial charge >= 0.3 is 0 Å². The molecule has 1 N–H and O–H groups in total. The number of fused-ring (bicyclic) bond motifs is 1. The molecule has 4 heteroatoms. The molecule has 5 rings (SSSR count). The molecule has 34 heavy (non-hydrogen) atoms. The van der Waals surface area contributed by atoms with E-state index in [1.54, 1.807) is 12.1 Å². The molecule has 0 unspecified atom stereocenters. The smallest absolute Gasteiger partial charge is 0.255 e. The van der Waals surface area contributed by atoms with Crippen molar-refractivity contribution in [3.8, 4) is 22.5 Å². The van der Waals surface area contributed by atoms with Gasteiger partial charge in [-0.2, -0.15) is 0 Å². The number of benzene rings is 4. The molecule has 0 fully saturated rings. The first kappa shape index (κ1) is 21.5. The largest absolute Gasteiger partial charge is 0.322 e. The fourth-order valence-corrected chi connectivity index (χ4v) is 3.94. The molecule has 4 aromatic carbocycles. The molecule has 1 heterocycles. The Kier molecular flexibility index (Phi) is 5.88. The highest BCUT2D eigenvalue weighted by Crippen LogP contribution is 2.31. The van der Waals surface area contributed by atoms with E-state index in [1.165, 1.54) is 5.56 Å². The van der Waals surface area contributed by atoms with Crippen LogP contribution < -0.4 is 5.32 Å². The summed E-state index contributed by atoms with van der Waals surface area (Å²) in [5.41, 5.74) is 7.58. The van der Waals surface area contributed by atoms with E-state index in [0.29, 0.717) is 17.0 Å². The molecule has 0 spiro atoms. The van der Waals surface area contributed by atoms with Crippen LogP contribution in [0.4, 0.5) is 5.69 Å². The third-order valence-electron chi connectivity index (χ3n) is 5.86. The Labute approximate surface area is 199 Å². The van der Waals surface area contributed by atoms with Gasteiger partial charge in [0.2, 0.25) is 0 Å². The molecule has 0 saturated heterocycles. The van der Waals surface area contributed by atoms with Crippen LogP contribution in [0.3, 0.4) is 0 Å². The summed E-state index contributed by atoms with van der Waals surface area (Å²) >= 11 is 0. The van der Waals surface area contributed by atoms with Crippen LogP contribution in [0.5, 0.6) is 0 Å². The topological polar surface area (TPSA) is 54.9 Å². The Bertz CT molecular complexity index is 1440. The van der Waals surface area contributed by atoms with Gasteiger partial charge in [0, 0.05) is 22.4 Å². The van der Waals surface area contributed by atoms with Crippen molar-refractivity contribution in [2.75, 3.05) is 5.32 Å². The molecule has 166 valence electrons. The second-order valence-corrected chi connectivity index (χ2v) is 8.59. The standard InChI is InChI=1S/C30H25N3O/c1-20(2)21-13-16-25(17-14-21)31-30(34)24-15-18-26-27(19-24)33-29(23-11-7-4-8-12-23)28(32-26)22-9-5-3-6-10-22/h3-20H,1-2H3,(H,31,34). The van der Waals surface area contributed by atoms with Crippen molar-refractivity contribution in [2.24, 2.45) is 0 Å². The van der Waals surface area contributed by atoms with E-state index in [1.807, 2.05) is 91.0 Å². The number of aromatic nitrogens is 2. The predicted octanol–water partition coefficient (Wildman–Crippen LogP) is 7.34. The second kappa shape index (κ2) is 9.28. The fourth-order valence-electron chi connectivity index (χ4n) is 3.94. The summed E-state index contributed by atoms with van der Waals surface area (Å²) in [7, 11) is 0. The van der Waals surface area contributed by atoms with Gasteiger partial charge in [0.05, 0.1) is 22.4 Å². The second-order valence-electron chi connectivity index (χ2n) is 8.59. The van der Waals surface area contributed by atoms with Gasteiger partial charge in [-0.25, -0.2) is 9.97 Å². The van der Waals surface area contributed by atoms with Gasteiger partial charge in [0.1, 0.15) is 0 Å². The van der Waals surface area contributed by atoms with Gasteiger partial charge in [0.25, 0.3) is 5.91 Å². The highest BCUT2D eigenvalue weighted by Gasteiger charge is 2.15. The quantitative estimate of drug-likeness (QED) is 0.309. The lowest BCUT2D eigenvalue weighted by atomic mass is 10.0. The molecule has 1 aromatic heterocycles.